The van der Waals surface area contributed by atoms with Crippen molar-refractivity contribution in [1.29, 1.82) is 0 Å². The quantitative estimate of drug-likeness (QED) is 0.679. The van der Waals surface area contributed by atoms with Crippen molar-refractivity contribution in [1.82, 2.24) is 5.32 Å². The predicted octanol–water partition coefficient (Wildman–Crippen LogP) is 4.15. The van der Waals surface area contributed by atoms with Crippen molar-refractivity contribution in [2.45, 2.75) is 50.4 Å². The average molecular weight is 415 g/mol. The highest BCUT2D eigenvalue weighted by atomic mass is 19.2. The van der Waals surface area contributed by atoms with Gasteiger partial charge in [0.05, 0.1) is 17.7 Å². The van der Waals surface area contributed by atoms with Crippen molar-refractivity contribution < 1.29 is 28.2 Å². The van der Waals surface area contributed by atoms with Gasteiger partial charge in [-0.15, -0.1) is 0 Å². The average Bonchev–Trinajstić information content (AvgIpc) is 3.46. The van der Waals surface area contributed by atoms with Crippen LogP contribution in [0.4, 0.5) is 8.78 Å². The Labute approximate surface area is 173 Å². The van der Waals surface area contributed by atoms with E-state index in [1.165, 1.54) is 18.2 Å². The number of ether oxygens (including phenoxy) is 1. The van der Waals surface area contributed by atoms with Crippen LogP contribution in [0.2, 0.25) is 0 Å². The van der Waals surface area contributed by atoms with Gasteiger partial charge in [0, 0.05) is 0 Å². The summed E-state index contributed by atoms with van der Waals surface area (Å²) in [6.07, 6.45) is 3.68. The Kier molecular flexibility index (Phi) is 5.56. The molecule has 2 aliphatic rings. The number of carboxylic acid groups (broad SMARTS) is 1. The molecule has 2 aromatic carbocycles. The summed E-state index contributed by atoms with van der Waals surface area (Å²) in [5.74, 6) is -2.98. The Hall–Kier alpha value is -2.80. The molecule has 2 aliphatic carbocycles. The molecular formula is C23H23F2NO4. The van der Waals surface area contributed by atoms with E-state index in [1.54, 1.807) is 12.1 Å². The first-order chi connectivity index (χ1) is 14.4. The topological polar surface area (TPSA) is 75.6 Å². The SMILES string of the molecule is O=C(O)c1ccc(C2(NC(=O)C(OCc3ccc(F)c(F)c3)C3CCC3)CC2)cc1. The Morgan fingerprint density at radius 3 is 2.33 bits per heavy atom. The summed E-state index contributed by atoms with van der Waals surface area (Å²) >= 11 is 0. The van der Waals surface area contributed by atoms with Crippen molar-refractivity contribution >= 4 is 11.9 Å². The normalized spacial score (nSPS) is 18.3. The number of benzene rings is 2. The molecule has 2 fully saturated rings. The van der Waals surface area contributed by atoms with E-state index in [4.69, 9.17) is 9.84 Å². The minimum atomic E-state index is -0.994. The lowest BCUT2D eigenvalue weighted by molar-refractivity contribution is -0.141. The third-order valence-electron chi connectivity index (χ3n) is 6.05. The van der Waals surface area contributed by atoms with Gasteiger partial charge in [-0.25, -0.2) is 13.6 Å². The largest absolute Gasteiger partial charge is 0.478 e. The number of carboxylic acids is 1. The van der Waals surface area contributed by atoms with Crippen LogP contribution in [0.25, 0.3) is 0 Å². The summed E-state index contributed by atoms with van der Waals surface area (Å²) < 4.78 is 32.4. The van der Waals surface area contributed by atoms with Crippen molar-refractivity contribution in [3.63, 3.8) is 0 Å². The molecule has 30 heavy (non-hydrogen) atoms. The van der Waals surface area contributed by atoms with Crippen molar-refractivity contribution in [3.8, 4) is 0 Å². The van der Waals surface area contributed by atoms with Crippen LogP contribution in [0.5, 0.6) is 0 Å². The van der Waals surface area contributed by atoms with E-state index in [0.717, 1.165) is 49.8 Å². The zero-order chi connectivity index (χ0) is 21.3. The molecule has 0 bridgehead atoms. The van der Waals surface area contributed by atoms with Crippen LogP contribution in [0.3, 0.4) is 0 Å². The van der Waals surface area contributed by atoms with E-state index in [0.29, 0.717) is 5.56 Å². The highest BCUT2D eigenvalue weighted by Crippen LogP contribution is 2.46. The van der Waals surface area contributed by atoms with Crippen LogP contribution in [-0.2, 0) is 21.7 Å². The predicted molar refractivity (Wildman–Crippen MR) is 105 cm³/mol. The second-order valence-corrected chi connectivity index (χ2v) is 8.12. The summed E-state index contributed by atoms with van der Waals surface area (Å²) in [5.41, 5.74) is 1.04. The molecule has 4 rings (SSSR count). The minimum absolute atomic E-state index is 0.0199. The van der Waals surface area contributed by atoms with Crippen molar-refractivity contribution in [3.05, 3.63) is 70.8 Å². The Morgan fingerprint density at radius 1 is 1.10 bits per heavy atom. The first kappa shape index (κ1) is 20.5. The number of halogens is 2. The van der Waals surface area contributed by atoms with E-state index < -0.39 is 29.2 Å². The van der Waals surface area contributed by atoms with Crippen LogP contribution in [-0.4, -0.2) is 23.1 Å². The first-order valence-corrected chi connectivity index (χ1v) is 10.1. The smallest absolute Gasteiger partial charge is 0.335 e. The fraction of sp³-hybridized carbons (Fsp3) is 0.391. The summed E-state index contributed by atoms with van der Waals surface area (Å²) in [4.78, 5) is 24.1. The van der Waals surface area contributed by atoms with Crippen LogP contribution < -0.4 is 5.32 Å². The minimum Gasteiger partial charge on any atom is -0.478 e. The van der Waals surface area contributed by atoms with Crippen LogP contribution in [0, 0.1) is 17.6 Å². The van der Waals surface area contributed by atoms with Crippen LogP contribution in [0.1, 0.15) is 53.6 Å². The fourth-order valence-electron chi connectivity index (χ4n) is 3.83. The maximum atomic E-state index is 13.4. The Bertz CT molecular complexity index is 952. The molecule has 0 radical (unpaired) electrons. The van der Waals surface area contributed by atoms with Crippen molar-refractivity contribution in [2.24, 2.45) is 5.92 Å². The molecule has 1 unspecified atom stereocenters. The van der Waals surface area contributed by atoms with Gasteiger partial charge >= 0.3 is 5.97 Å². The van der Waals surface area contributed by atoms with Gasteiger partial charge in [0.1, 0.15) is 6.10 Å². The zero-order valence-corrected chi connectivity index (χ0v) is 16.4. The number of nitrogens with one attached hydrogen (secondary N) is 1. The number of rotatable bonds is 8. The lowest BCUT2D eigenvalue weighted by Crippen LogP contribution is -2.47. The molecule has 1 atom stereocenters. The van der Waals surface area contributed by atoms with E-state index in [-0.39, 0.29) is 24.0 Å². The van der Waals surface area contributed by atoms with Gasteiger partial charge in [-0.2, -0.15) is 0 Å². The Balaban J connectivity index is 1.44. The fourth-order valence-corrected chi connectivity index (χ4v) is 3.83. The number of aromatic carboxylic acids is 1. The van der Waals surface area contributed by atoms with E-state index in [1.807, 2.05) is 0 Å². The number of carbonyl (C=O) groups is 2. The van der Waals surface area contributed by atoms with Crippen LogP contribution >= 0.6 is 0 Å². The molecule has 2 N–H and O–H groups in total. The van der Waals surface area contributed by atoms with Gasteiger partial charge in [0.2, 0.25) is 5.91 Å². The number of hydrogen-bond acceptors (Lipinski definition) is 3. The molecule has 7 heteroatoms. The molecule has 1 amide bonds. The van der Waals surface area contributed by atoms with E-state index in [2.05, 4.69) is 5.32 Å². The summed E-state index contributed by atoms with van der Waals surface area (Å²) in [6, 6.07) is 10.1. The van der Waals surface area contributed by atoms with Gasteiger partial charge in [-0.3, -0.25) is 4.79 Å². The zero-order valence-electron chi connectivity index (χ0n) is 16.4. The molecule has 0 aromatic heterocycles. The molecule has 2 aromatic rings. The third-order valence-corrected chi connectivity index (χ3v) is 6.05. The molecule has 0 aliphatic heterocycles. The second kappa shape index (κ2) is 8.14. The highest BCUT2D eigenvalue weighted by molar-refractivity contribution is 5.87. The molecular weight excluding hydrogens is 392 g/mol. The molecule has 5 nitrogen and oxygen atoms in total. The monoisotopic (exact) mass is 415 g/mol. The number of amides is 1. The van der Waals surface area contributed by atoms with E-state index in [9.17, 15) is 18.4 Å². The standard InChI is InChI=1S/C23H23F2NO4/c24-18-9-4-14(12-19(18)25)13-30-20(15-2-1-3-15)21(27)26-23(10-11-23)17-7-5-16(6-8-17)22(28)29/h4-9,12,15,20H,1-3,10-11,13H2,(H,26,27)(H,28,29). The summed E-state index contributed by atoms with van der Waals surface area (Å²) in [7, 11) is 0. The molecule has 2 saturated carbocycles. The van der Waals surface area contributed by atoms with Gasteiger partial charge in [-0.05, 0) is 67.0 Å². The number of carbonyl (C=O) groups excluding carboxylic acids is 1. The van der Waals surface area contributed by atoms with Gasteiger partial charge in [-0.1, -0.05) is 24.6 Å². The summed E-state index contributed by atoms with van der Waals surface area (Å²) in [5, 5.41) is 12.2. The van der Waals surface area contributed by atoms with Crippen LogP contribution in [0.15, 0.2) is 42.5 Å². The van der Waals surface area contributed by atoms with E-state index >= 15 is 0 Å². The lowest BCUT2D eigenvalue weighted by atomic mass is 9.80. The van der Waals surface area contributed by atoms with Gasteiger partial charge in [0.25, 0.3) is 0 Å². The maximum absolute atomic E-state index is 13.4. The van der Waals surface area contributed by atoms with Gasteiger partial charge < -0.3 is 15.2 Å². The highest BCUT2D eigenvalue weighted by Gasteiger charge is 2.47. The van der Waals surface area contributed by atoms with Crippen molar-refractivity contribution in [2.75, 3.05) is 0 Å². The summed E-state index contributed by atoms with van der Waals surface area (Å²) in [6.45, 7) is 0.0199. The molecule has 158 valence electrons. The Morgan fingerprint density at radius 2 is 1.80 bits per heavy atom. The number of hydrogen-bond donors (Lipinski definition) is 2. The molecule has 0 saturated heterocycles. The molecule has 0 spiro atoms. The third kappa shape index (κ3) is 4.21. The maximum Gasteiger partial charge on any atom is 0.335 e. The molecule has 0 heterocycles. The second-order valence-electron chi connectivity index (χ2n) is 8.12. The lowest BCUT2D eigenvalue weighted by Gasteiger charge is -2.34. The first-order valence-electron chi connectivity index (χ1n) is 10.1. The van der Waals surface area contributed by atoms with Gasteiger partial charge in [0.15, 0.2) is 11.6 Å².